The summed E-state index contributed by atoms with van der Waals surface area (Å²) in [6, 6.07) is 6.10. The van der Waals surface area contributed by atoms with E-state index in [1.54, 1.807) is 31.8 Å². The molecular formula is C20H27Cl2N7O2. The van der Waals surface area contributed by atoms with Gasteiger partial charge < -0.3 is 20.1 Å². The molecule has 3 aromatic rings. The van der Waals surface area contributed by atoms with Gasteiger partial charge in [-0.2, -0.15) is 5.10 Å². The molecule has 4 rings (SSSR count). The zero-order chi connectivity index (χ0) is 20.2. The highest BCUT2D eigenvalue weighted by molar-refractivity contribution is 5.85. The third kappa shape index (κ3) is 5.82. The van der Waals surface area contributed by atoms with Crippen molar-refractivity contribution >= 4 is 30.8 Å². The molecule has 2 atom stereocenters. The summed E-state index contributed by atoms with van der Waals surface area (Å²) in [6.07, 6.45) is 6.16. The number of H-pyrrole nitrogens is 1. The van der Waals surface area contributed by atoms with Crippen LogP contribution < -0.4 is 10.2 Å². The van der Waals surface area contributed by atoms with Crippen LogP contribution in [0, 0.1) is 0 Å². The topological polar surface area (TPSA) is 112 Å². The Kier molecular flexibility index (Phi) is 9.00. The Balaban J connectivity index is 0.00000171. The standard InChI is InChI=1S/C20H25N7O2.2ClH/c1-13(12-29-2)24-16-5-6-27(11-16)20-21-10-18(25-26-20)17-4-3-14(7-19(17)28)15-8-22-23-9-15;;/h3-4,7-10,13,16,24,28H,5-6,11-12H2,1-2H3,(H,22,23);2*1H. The van der Waals surface area contributed by atoms with Crippen LogP contribution >= 0.6 is 24.8 Å². The molecule has 168 valence electrons. The van der Waals surface area contributed by atoms with Crippen molar-refractivity contribution in [3.63, 3.8) is 0 Å². The highest BCUT2D eigenvalue weighted by Gasteiger charge is 2.25. The molecule has 31 heavy (non-hydrogen) atoms. The summed E-state index contributed by atoms with van der Waals surface area (Å²) < 4.78 is 5.18. The van der Waals surface area contributed by atoms with Gasteiger partial charge >= 0.3 is 0 Å². The van der Waals surface area contributed by atoms with Crippen LogP contribution in [0.3, 0.4) is 0 Å². The van der Waals surface area contributed by atoms with Crippen LogP contribution in [0.25, 0.3) is 22.4 Å². The third-order valence-electron chi connectivity index (χ3n) is 5.06. The lowest BCUT2D eigenvalue weighted by Crippen LogP contribution is -2.40. The second kappa shape index (κ2) is 11.2. The number of benzene rings is 1. The first-order valence-electron chi connectivity index (χ1n) is 9.66. The zero-order valence-electron chi connectivity index (χ0n) is 17.4. The molecule has 0 bridgehead atoms. The van der Waals surface area contributed by atoms with Crippen molar-refractivity contribution < 1.29 is 9.84 Å². The van der Waals surface area contributed by atoms with E-state index in [-0.39, 0.29) is 30.6 Å². The van der Waals surface area contributed by atoms with Gasteiger partial charge in [-0.05, 0) is 31.0 Å². The minimum atomic E-state index is 0. The van der Waals surface area contributed by atoms with Gasteiger partial charge in [-0.25, -0.2) is 4.98 Å². The van der Waals surface area contributed by atoms with Gasteiger partial charge in [0.05, 0.1) is 19.0 Å². The normalized spacial score (nSPS) is 16.5. The average Bonchev–Trinajstić information content (AvgIpc) is 3.41. The van der Waals surface area contributed by atoms with E-state index in [1.807, 2.05) is 12.1 Å². The molecule has 0 amide bonds. The largest absolute Gasteiger partial charge is 0.507 e. The molecule has 3 heterocycles. The van der Waals surface area contributed by atoms with Crippen LogP contribution in [-0.2, 0) is 4.74 Å². The number of phenols is 1. The first kappa shape index (κ1) is 24.8. The van der Waals surface area contributed by atoms with Crippen LogP contribution in [0.2, 0.25) is 0 Å². The van der Waals surface area contributed by atoms with E-state index in [1.165, 1.54) is 0 Å². The molecule has 0 spiro atoms. The Morgan fingerprint density at radius 3 is 2.74 bits per heavy atom. The molecule has 1 aliphatic rings. The Hall–Kier alpha value is -2.46. The summed E-state index contributed by atoms with van der Waals surface area (Å²) in [6.45, 7) is 4.51. The molecule has 1 aromatic carbocycles. The summed E-state index contributed by atoms with van der Waals surface area (Å²) in [5, 5.41) is 29.3. The molecule has 0 radical (unpaired) electrons. The molecule has 1 aliphatic heterocycles. The Bertz CT molecular complexity index is 941. The molecule has 3 N–H and O–H groups in total. The molecule has 0 aliphatic carbocycles. The van der Waals surface area contributed by atoms with Gasteiger partial charge in [-0.1, -0.05) is 6.07 Å². The number of rotatable bonds is 7. The second-order valence-electron chi connectivity index (χ2n) is 7.32. The van der Waals surface area contributed by atoms with Crippen LogP contribution in [0.4, 0.5) is 5.95 Å². The monoisotopic (exact) mass is 467 g/mol. The summed E-state index contributed by atoms with van der Waals surface area (Å²) in [4.78, 5) is 6.60. The average molecular weight is 468 g/mol. The zero-order valence-corrected chi connectivity index (χ0v) is 19.0. The van der Waals surface area contributed by atoms with Gasteiger partial charge in [0.15, 0.2) is 0 Å². The minimum Gasteiger partial charge on any atom is -0.507 e. The molecule has 2 unspecified atom stereocenters. The summed E-state index contributed by atoms with van der Waals surface area (Å²) in [5.74, 6) is 0.733. The summed E-state index contributed by atoms with van der Waals surface area (Å²) in [5.41, 5.74) is 2.91. The predicted molar refractivity (Wildman–Crippen MR) is 124 cm³/mol. The molecule has 1 saturated heterocycles. The number of methoxy groups -OCH3 is 1. The number of hydrogen-bond donors (Lipinski definition) is 3. The quantitative estimate of drug-likeness (QED) is 0.485. The fraction of sp³-hybridized carbons (Fsp3) is 0.400. The second-order valence-corrected chi connectivity index (χ2v) is 7.32. The molecule has 2 aromatic heterocycles. The maximum absolute atomic E-state index is 10.4. The van der Waals surface area contributed by atoms with Crippen molar-refractivity contribution in [1.82, 2.24) is 30.7 Å². The number of hydrogen-bond acceptors (Lipinski definition) is 8. The van der Waals surface area contributed by atoms with E-state index in [0.29, 0.717) is 35.9 Å². The van der Waals surface area contributed by atoms with Crippen LogP contribution in [0.15, 0.2) is 36.8 Å². The lowest BCUT2D eigenvalue weighted by molar-refractivity contribution is 0.167. The van der Waals surface area contributed by atoms with E-state index in [4.69, 9.17) is 4.74 Å². The first-order chi connectivity index (χ1) is 14.1. The highest BCUT2D eigenvalue weighted by atomic mass is 35.5. The molecule has 0 saturated carbocycles. The summed E-state index contributed by atoms with van der Waals surface area (Å²) in [7, 11) is 1.71. The number of anilines is 1. The maximum atomic E-state index is 10.4. The maximum Gasteiger partial charge on any atom is 0.245 e. The first-order valence-corrected chi connectivity index (χ1v) is 9.66. The molecule has 9 nitrogen and oxygen atoms in total. The molecule has 1 fully saturated rings. The van der Waals surface area contributed by atoms with Crippen molar-refractivity contribution in [3.05, 3.63) is 36.8 Å². The van der Waals surface area contributed by atoms with E-state index < -0.39 is 0 Å². The Morgan fingerprint density at radius 1 is 1.26 bits per heavy atom. The number of aromatic nitrogens is 5. The lowest BCUT2D eigenvalue weighted by Gasteiger charge is -2.19. The fourth-order valence-electron chi connectivity index (χ4n) is 3.65. The van der Waals surface area contributed by atoms with Gasteiger partial charge in [0, 0.05) is 49.6 Å². The van der Waals surface area contributed by atoms with Crippen LogP contribution in [0.5, 0.6) is 5.75 Å². The Labute approximate surface area is 193 Å². The third-order valence-corrected chi connectivity index (χ3v) is 5.06. The minimum absolute atomic E-state index is 0. The number of aromatic hydroxyl groups is 1. The predicted octanol–water partition coefficient (Wildman–Crippen LogP) is 2.68. The summed E-state index contributed by atoms with van der Waals surface area (Å²) >= 11 is 0. The van der Waals surface area contributed by atoms with Gasteiger partial charge in [0.25, 0.3) is 0 Å². The van der Waals surface area contributed by atoms with Gasteiger partial charge in [0.1, 0.15) is 11.4 Å². The van der Waals surface area contributed by atoms with Gasteiger partial charge in [-0.15, -0.1) is 35.0 Å². The lowest BCUT2D eigenvalue weighted by atomic mass is 10.0. The van der Waals surface area contributed by atoms with Gasteiger partial charge in [0.2, 0.25) is 5.95 Å². The Morgan fingerprint density at radius 2 is 2.10 bits per heavy atom. The van der Waals surface area contributed by atoms with E-state index >= 15 is 0 Å². The highest BCUT2D eigenvalue weighted by Crippen LogP contribution is 2.32. The van der Waals surface area contributed by atoms with Crippen molar-refractivity contribution in [2.75, 3.05) is 31.7 Å². The van der Waals surface area contributed by atoms with Crippen molar-refractivity contribution in [2.24, 2.45) is 0 Å². The van der Waals surface area contributed by atoms with Crippen LogP contribution in [0.1, 0.15) is 13.3 Å². The smallest absolute Gasteiger partial charge is 0.245 e. The number of nitrogens with one attached hydrogen (secondary N) is 2. The SMILES string of the molecule is COCC(C)NC1CCN(c2ncc(-c3ccc(-c4cn[nH]c4)cc3O)nn2)C1.Cl.Cl. The van der Waals surface area contributed by atoms with Crippen molar-refractivity contribution in [3.8, 4) is 28.1 Å². The van der Waals surface area contributed by atoms with Crippen molar-refractivity contribution in [2.45, 2.75) is 25.4 Å². The number of ether oxygens (including phenoxy) is 1. The van der Waals surface area contributed by atoms with E-state index in [2.05, 4.69) is 42.5 Å². The van der Waals surface area contributed by atoms with Gasteiger partial charge in [-0.3, -0.25) is 5.10 Å². The number of nitrogens with zero attached hydrogens (tertiary/aromatic N) is 5. The number of aromatic amines is 1. The molecular weight excluding hydrogens is 441 g/mol. The van der Waals surface area contributed by atoms with E-state index in [9.17, 15) is 5.11 Å². The number of halogens is 2. The van der Waals surface area contributed by atoms with E-state index in [0.717, 1.165) is 30.6 Å². The fourth-order valence-corrected chi connectivity index (χ4v) is 3.65. The van der Waals surface area contributed by atoms with Crippen molar-refractivity contribution in [1.29, 1.82) is 0 Å². The molecule has 11 heteroatoms. The van der Waals surface area contributed by atoms with Crippen LogP contribution in [-0.4, -0.2) is 69.4 Å². The number of phenolic OH excluding ortho intramolecular Hbond substituents is 1.